The molecule has 10 rings (SSSR count). The molecule has 0 unspecified atom stereocenters. The predicted molar refractivity (Wildman–Crippen MR) is 202 cm³/mol. The van der Waals surface area contributed by atoms with Crippen LogP contribution in [0.5, 0.6) is 0 Å². The summed E-state index contributed by atoms with van der Waals surface area (Å²) in [5.74, 6) is 0. The SMILES string of the molecule is CC1(C)c2ccccc2-c2cc(-c3c4ccccc4c(-c4cc5ccccc5c5ccccc45)c4ccc5ccccc5c34)ccc21. The zero-order chi connectivity index (χ0) is 31.3. The Morgan fingerprint density at radius 1 is 0.340 bits per heavy atom. The number of rotatable bonds is 2. The van der Waals surface area contributed by atoms with E-state index in [9.17, 15) is 0 Å². The Labute approximate surface area is 274 Å². The molecule has 220 valence electrons. The van der Waals surface area contributed by atoms with Crippen molar-refractivity contribution in [2.75, 3.05) is 0 Å². The molecule has 0 heterocycles. The maximum atomic E-state index is 2.47. The molecular formula is C47H32. The normalized spacial score (nSPS) is 13.5. The van der Waals surface area contributed by atoms with Crippen molar-refractivity contribution in [3.8, 4) is 33.4 Å². The van der Waals surface area contributed by atoms with E-state index in [1.54, 1.807) is 0 Å². The molecule has 0 fully saturated rings. The summed E-state index contributed by atoms with van der Waals surface area (Å²) in [6, 6.07) is 59.0. The second-order valence-electron chi connectivity index (χ2n) is 13.6. The van der Waals surface area contributed by atoms with Gasteiger partial charge in [0, 0.05) is 5.41 Å². The van der Waals surface area contributed by atoms with Crippen molar-refractivity contribution < 1.29 is 0 Å². The highest BCUT2D eigenvalue weighted by atomic mass is 14.4. The van der Waals surface area contributed by atoms with E-state index in [0.29, 0.717) is 0 Å². The molecule has 0 saturated heterocycles. The summed E-state index contributed by atoms with van der Waals surface area (Å²) < 4.78 is 0. The molecule has 0 nitrogen and oxygen atoms in total. The molecule has 0 atom stereocenters. The Morgan fingerprint density at radius 3 is 1.74 bits per heavy atom. The fourth-order valence-corrected chi connectivity index (χ4v) is 8.67. The van der Waals surface area contributed by atoms with Crippen LogP contribution in [0.1, 0.15) is 25.0 Å². The van der Waals surface area contributed by atoms with E-state index < -0.39 is 0 Å². The van der Waals surface area contributed by atoms with E-state index in [0.717, 1.165) is 0 Å². The molecule has 0 aromatic heterocycles. The largest absolute Gasteiger partial charge is 0.0619 e. The smallest absolute Gasteiger partial charge is 0.0158 e. The summed E-state index contributed by atoms with van der Waals surface area (Å²) in [4.78, 5) is 0. The number of hydrogen-bond donors (Lipinski definition) is 0. The minimum absolute atomic E-state index is 0.0255. The van der Waals surface area contributed by atoms with Crippen LogP contribution in [0.3, 0.4) is 0 Å². The summed E-state index contributed by atoms with van der Waals surface area (Å²) in [5.41, 5.74) is 10.7. The van der Waals surface area contributed by atoms with E-state index in [1.165, 1.54) is 98.4 Å². The minimum atomic E-state index is -0.0255. The van der Waals surface area contributed by atoms with Gasteiger partial charge < -0.3 is 0 Å². The van der Waals surface area contributed by atoms with Crippen LogP contribution < -0.4 is 0 Å². The molecule has 0 aliphatic heterocycles. The van der Waals surface area contributed by atoms with Gasteiger partial charge in [-0.25, -0.2) is 0 Å². The van der Waals surface area contributed by atoms with Gasteiger partial charge in [0.1, 0.15) is 0 Å². The molecule has 0 saturated carbocycles. The van der Waals surface area contributed by atoms with Crippen LogP contribution in [0.2, 0.25) is 0 Å². The van der Waals surface area contributed by atoms with Crippen molar-refractivity contribution in [1.29, 1.82) is 0 Å². The molecule has 0 N–H and O–H groups in total. The zero-order valence-corrected chi connectivity index (χ0v) is 26.5. The average molecular weight is 597 g/mol. The minimum Gasteiger partial charge on any atom is -0.0619 e. The Morgan fingerprint density at radius 2 is 0.936 bits per heavy atom. The molecule has 0 bridgehead atoms. The molecule has 9 aromatic carbocycles. The molecule has 1 aliphatic rings. The third-order valence-electron chi connectivity index (χ3n) is 10.8. The highest BCUT2D eigenvalue weighted by molar-refractivity contribution is 6.30. The number of hydrogen-bond acceptors (Lipinski definition) is 0. The Balaban J connectivity index is 1.39. The zero-order valence-electron chi connectivity index (χ0n) is 26.5. The van der Waals surface area contributed by atoms with Crippen molar-refractivity contribution in [1.82, 2.24) is 0 Å². The average Bonchev–Trinajstić information content (AvgIpc) is 3.35. The van der Waals surface area contributed by atoms with Crippen LogP contribution in [0.4, 0.5) is 0 Å². The highest BCUT2D eigenvalue weighted by Gasteiger charge is 2.35. The molecule has 0 spiro atoms. The van der Waals surface area contributed by atoms with Crippen LogP contribution in [-0.2, 0) is 5.41 Å². The van der Waals surface area contributed by atoms with Gasteiger partial charge in [-0.15, -0.1) is 0 Å². The van der Waals surface area contributed by atoms with Crippen LogP contribution in [0, 0.1) is 0 Å². The van der Waals surface area contributed by atoms with Crippen molar-refractivity contribution in [2.24, 2.45) is 0 Å². The highest BCUT2D eigenvalue weighted by Crippen LogP contribution is 2.52. The fraction of sp³-hybridized carbons (Fsp3) is 0.0638. The van der Waals surface area contributed by atoms with E-state index in [2.05, 4.69) is 172 Å². The van der Waals surface area contributed by atoms with Crippen LogP contribution in [0.15, 0.2) is 158 Å². The molecule has 9 aromatic rings. The molecule has 0 amide bonds. The Hall–Kier alpha value is -5.72. The molecule has 1 aliphatic carbocycles. The van der Waals surface area contributed by atoms with Gasteiger partial charge in [0.15, 0.2) is 0 Å². The predicted octanol–water partition coefficient (Wildman–Crippen LogP) is 13.1. The van der Waals surface area contributed by atoms with Gasteiger partial charge in [-0.05, 0) is 111 Å². The Kier molecular flexibility index (Phi) is 5.44. The van der Waals surface area contributed by atoms with Crippen molar-refractivity contribution >= 4 is 53.9 Å². The summed E-state index contributed by atoms with van der Waals surface area (Å²) in [5, 5.41) is 12.9. The van der Waals surface area contributed by atoms with Gasteiger partial charge in [-0.2, -0.15) is 0 Å². The second-order valence-corrected chi connectivity index (χ2v) is 13.6. The molecule has 47 heavy (non-hydrogen) atoms. The number of fused-ring (bicyclic) bond motifs is 10. The lowest BCUT2D eigenvalue weighted by Gasteiger charge is -2.23. The lowest BCUT2D eigenvalue weighted by atomic mass is 9.80. The van der Waals surface area contributed by atoms with Crippen LogP contribution in [0.25, 0.3) is 87.2 Å². The van der Waals surface area contributed by atoms with E-state index in [-0.39, 0.29) is 5.41 Å². The van der Waals surface area contributed by atoms with Gasteiger partial charge in [0.25, 0.3) is 0 Å². The summed E-state index contributed by atoms with van der Waals surface area (Å²) >= 11 is 0. The maximum Gasteiger partial charge on any atom is 0.0158 e. The first kappa shape index (κ1) is 26.5. The van der Waals surface area contributed by atoms with E-state index >= 15 is 0 Å². The van der Waals surface area contributed by atoms with Crippen LogP contribution >= 0.6 is 0 Å². The maximum absolute atomic E-state index is 2.47. The quantitative estimate of drug-likeness (QED) is 0.138. The van der Waals surface area contributed by atoms with Gasteiger partial charge >= 0.3 is 0 Å². The molecular weight excluding hydrogens is 565 g/mol. The van der Waals surface area contributed by atoms with Crippen molar-refractivity contribution in [3.05, 3.63) is 169 Å². The van der Waals surface area contributed by atoms with E-state index in [1.807, 2.05) is 0 Å². The fourth-order valence-electron chi connectivity index (χ4n) is 8.67. The molecule has 0 radical (unpaired) electrons. The van der Waals surface area contributed by atoms with Gasteiger partial charge in [-0.1, -0.05) is 159 Å². The van der Waals surface area contributed by atoms with Gasteiger partial charge in [0.05, 0.1) is 0 Å². The third kappa shape index (κ3) is 3.64. The van der Waals surface area contributed by atoms with E-state index in [4.69, 9.17) is 0 Å². The lowest BCUT2D eigenvalue weighted by molar-refractivity contribution is 0.660. The lowest BCUT2D eigenvalue weighted by Crippen LogP contribution is -2.14. The summed E-state index contributed by atoms with van der Waals surface area (Å²) in [6.07, 6.45) is 0. The van der Waals surface area contributed by atoms with Crippen LogP contribution in [-0.4, -0.2) is 0 Å². The third-order valence-corrected chi connectivity index (χ3v) is 10.8. The monoisotopic (exact) mass is 596 g/mol. The van der Waals surface area contributed by atoms with Gasteiger partial charge in [0.2, 0.25) is 0 Å². The second kappa shape index (κ2) is 9.64. The first-order valence-corrected chi connectivity index (χ1v) is 16.6. The molecule has 0 heteroatoms. The number of benzene rings is 9. The summed E-state index contributed by atoms with van der Waals surface area (Å²) in [6.45, 7) is 4.72. The van der Waals surface area contributed by atoms with Crippen molar-refractivity contribution in [3.63, 3.8) is 0 Å². The van der Waals surface area contributed by atoms with Crippen molar-refractivity contribution in [2.45, 2.75) is 19.3 Å². The first-order chi connectivity index (χ1) is 23.1. The summed E-state index contributed by atoms with van der Waals surface area (Å²) in [7, 11) is 0. The first-order valence-electron chi connectivity index (χ1n) is 16.6. The topological polar surface area (TPSA) is 0 Å². The van der Waals surface area contributed by atoms with Gasteiger partial charge in [-0.3, -0.25) is 0 Å². The Bertz CT molecular complexity index is 2760. The standard InChI is InChI=1S/C47H32/c1-47(2)42-22-12-11-19-36(42)40-28-31(24-26-43(40)47)44-37-20-9-10-21-38(37)45(39-25-23-29-13-3-6-16-33(29)46(39)44)41-27-30-14-4-5-15-32(30)34-17-7-8-18-35(34)41/h3-28H,1-2H3.